The van der Waals surface area contributed by atoms with Crippen LogP contribution in [0.5, 0.6) is 0 Å². The van der Waals surface area contributed by atoms with Gasteiger partial charge in [0.05, 0.1) is 12.6 Å². The molecular formula is C13H20BrNO. The number of halogens is 1. The van der Waals surface area contributed by atoms with Crippen molar-refractivity contribution in [1.29, 1.82) is 0 Å². The minimum atomic E-state index is -0.0305. The third-order valence-corrected chi connectivity index (χ3v) is 3.78. The van der Waals surface area contributed by atoms with E-state index in [1.54, 1.807) is 0 Å². The SMILES string of the molecule is CCCOCC(N)c1cc(C)c(Br)c(C)c1. The highest BCUT2D eigenvalue weighted by Crippen LogP contribution is 2.24. The monoisotopic (exact) mass is 285 g/mol. The number of hydrogen-bond acceptors (Lipinski definition) is 2. The van der Waals surface area contributed by atoms with Crippen LogP contribution in [-0.4, -0.2) is 13.2 Å². The van der Waals surface area contributed by atoms with Gasteiger partial charge in [-0.05, 0) is 37.0 Å². The fourth-order valence-corrected chi connectivity index (χ4v) is 1.87. The van der Waals surface area contributed by atoms with E-state index in [2.05, 4.69) is 48.8 Å². The first kappa shape index (κ1) is 13.7. The minimum absolute atomic E-state index is 0.0305. The van der Waals surface area contributed by atoms with Crippen LogP contribution < -0.4 is 5.73 Å². The summed E-state index contributed by atoms with van der Waals surface area (Å²) < 4.78 is 6.64. The third-order valence-electron chi connectivity index (χ3n) is 2.53. The fraction of sp³-hybridized carbons (Fsp3) is 0.538. The largest absolute Gasteiger partial charge is 0.379 e. The Hall–Kier alpha value is -0.380. The van der Waals surface area contributed by atoms with E-state index in [-0.39, 0.29) is 6.04 Å². The lowest BCUT2D eigenvalue weighted by Crippen LogP contribution is -2.17. The van der Waals surface area contributed by atoms with E-state index in [9.17, 15) is 0 Å². The predicted molar refractivity (Wildman–Crippen MR) is 71.7 cm³/mol. The van der Waals surface area contributed by atoms with Crippen LogP contribution in [0.4, 0.5) is 0 Å². The van der Waals surface area contributed by atoms with Crippen molar-refractivity contribution in [3.8, 4) is 0 Å². The van der Waals surface area contributed by atoms with Gasteiger partial charge in [0, 0.05) is 11.1 Å². The molecule has 1 rings (SSSR count). The molecule has 0 fully saturated rings. The second-order valence-corrected chi connectivity index (χ2v) is 4.94. The molecule has 0 aliphatic carbocycles. The second-order valence-electron chi connectivity index (χ2n) is 4.15. The summed E-state index contributed by atoms with van der Waals surface area (Å²) in [5, 5.41) is 0. The lowest BCUT2D eigenvalue weighted by Gasteiger charge is -2.15. The molecule has 0 spiro atoms. The van der Waals surface area contributed by atoms with Crippen molar-refractivity contribution in [1.82, 2.24) is 0 Å². The highest BCUT2D eigenvalue weighted by Gasteiger charge is 2.09. The number of hydrogen-bond donors (Lipinski definition) is 1. The smallest absolute Gasteiger partial charge is 0.0659 e. The van der Waals surface area contributed by atoms with Crippen LogP contribution >= 0.6 is 15.9 Å². The van der Waals surface area contributed by atoms with E-state index in [1.807, 2.05) is 0 Å². The van der Waals surface area contributed by atoms with Crippen LogP contribution in [0.15, 0.2) is 16.6 Å². The maximum absolute atomic E-state index is 6.08. The van der Waals surface area contributed by atoms with Crippen LogP contribution in [0.1, 0.15) is 36.1 Å². The van der Waals surface area contributed by atoms with Crippen LogP contribution in [0.3, 0.4) is 0 Å². The van der Waals surface area contributed by atoms with E-state index in [1.165, 1.54) is 11.1 Å². The zero-order valence-electron chi connectivity index (χ0n) is 10.2. The van der Waals surface area contributed by atoms with Gasteiger partial charge in [0.15, 0.2) is 0 Å². The normalized spacial score (nSPS) is 12.8. The van der Waals surface area contributed by atoms with Gasteiger partial charge in [-0.15, -0.1) is 0 Å². The molecule has 1 aromatic carbocycles. The molecule has 0 bridgehead atoms. The summed E-state index contributed by atoms with van der Waals surface area (Å²) in [6.07, 6.45) is 1.03. The van der Waals surface area contributed by atoms with Gasteiger partial charge in [0.1, 0.15) is 0 Å². The average molecular weight is 286 g/mol. The van der Waals surface area contributed by atoms with Crippen LogP contribution in [0.2, 0.25) is 0 Å². The molecule has 0 aromatic heterocycles. The zero-order chi connectivity index (χ0) is 12.1. The van der Waals surface area contributed by atoms with E-state index in [0.717, 1.165) is 23.1 Å². The fourth-order valence-electron chi connectivity index (χ4n) is 1.64. The van der Waals surface area contributed by atoms with Gasteiger partial charge in [-0.2, -0.15) is 0 Å². The molecule has 0 saturated heterocycles. The molecular weight excluding hydrogens is 266 g/mol. The Morgan fingerprint density at radius 3 is 2.38 bits per heavy atom. The molecule has 90 valence electrons. The Balaban J connectivity index is 2.72. The molecule has 0 amide bonds. The molecule has 1 unspecified atom stereocenters. The molecule has 0 aliphatic heterocycles. The predicted octanol–water partition coefficient (Wildman–Crippen LogP) is 3.49. The summed E-state index contributed by atoms with van der Waals surface area (Å²) in [5.41, 5.74) is 9.68. The van der Waals surface area contributed by atoms with Crippen molar-refractivity contribution in [2.24, 2.45) is 5.73 Å². The molecule has 3 heteroatoms. The van der Waals surface area contributed by atoms with Crippen molar-refractivity contribution >= 4 is 15.9 Å². The first-order valence-corrected chi connectivity index (χ1v) is 6.45. The molecule has 1 atom stereocenters. The van der Waals surface area contributed by atoms with E-state index in [0.29, 0.717) is 6.61 Å². The van der Waals surface area contributed by atoms with Crippen LogP contribution in [0, 0.1) is 13.8 Å². The summed E-state index contributed by atoms with van der Waals surface area (Å²) in [4.78, 5) is 0. The Bertz CT molecular complexity index is 329. The maximum Gasteiger partial charge on any atom is 0.0659 e. The lowest BCUT2D eigenvalue weighted by molar-refractivity contribution is 0.121. The van der Waals surface area contributed by atoms with Crippen LogP contribution in [-0.2, 0) is 4.74 Å². The number of benzene rings is 1. The van der Waals surface area contributed by atoms with Crippen molar-refractivity contribution in [3.05, 3.63) is 33.3 Å². The highest BCUT2D eigenvalue weighted by molar-refractivity contribution is 9.10. The van der Waals surface area contributed by atoms with Crippen molar-refractivity contribution in [2.75, 3.05) is 13.2 Å². The molecule has 2 N–H and O–H groups in total. The lowest BCUT2D eigenvalue weighted by atomic mass is 10.0. The summed E-state index contributed by atoms with van der Waals surface area (Å²) >= 11 is 3.55. The van der Waals surface area contributed by atoms with Gasteiger partial charge in [-0.25, -0.2) is 0 Å². The minimum Gasteiger partial charge on any atom is -0.379 e. The Morgan fingerprint density at radius 1 is 1.31 bits per heavy atom. The van der Waals surface area contributed by atoms with E-state index in [4.69, 9.17) is 10.5 Å². The first-order valence-electron chi connectivity index (χ1n) is 5.66. The molecule has 0 radical (unpaired) electrons. The van der Waals surface area contributed by atoms with Crippen LogP contribution in [0.25, 0.3) is 0 Å². The highest BCUT2D eigenvalue weighted by atomic mass is 79.9. The summed E-state index contributed by atoms with van der Waals surface area (Å²) in [5.74, 6) is 0. The standard InChI is InChI=1S/C13H20BrNO/c1-4-5-16-8-12(15)11-6-9(2)13(14)10(3)7-11/h6-7,12H,4-5,8,15H2,1-3H3. The van der Waals surface area contributed by atoms with Gasteiger partial charge in [-0.3, -0.25) is 0 Å². The van der Waals surface area contributed by atoms with E-state index < -0.39 is 0 Å². The molecule has 0 heterocycles. The van der Waals surface area contributed by atoms with Crippen molar-refractivity contribution < 1.29 is 4.74 Å². The summed E-state index contributed by atoms with van der Waals surface area (Å²) in [6.45, 7) is 7.64. The Morgan fingerprint density at radius 2 is 1.88 bits per heavy atom. The van der Waals surface area contributed by atoms with E-state index >= 15 is 0 Å². The number of rotatable bonds is 5. The second kappa shape index (κ2) is 6.38. The molecule has 16 heavy (non-hydrogen) atoms. The number of aryl methyl sites for hydroxylation is 2. The molecule has 1 aromatic rings. The first-order chi connectivity index (χ1) is 7.56. The quantitative estimate of drug-likeness (QED) is 0.841. The summed E-state index contributed by atoms with van der Waals surface area (Å²) in [6, 6.07) is 4.21. The Labute approximate surface area is 106 Å². The van der Waals surface area contributed by atoms with Gasteiger partial charge in [0.2, 0.25) is 0 Å². The topological polar surface area (TPSA) is 35.2 Å². The summed E-state index contributed by atoms with van der Waals surface area (Å²) in [7, 11) is 0. The molecule has 0 aliphatic rings. The van der Waals surface area contributed by atoms with Crippen molar-refractivity contribution in [3.63, 3.8) is 0 Å². The van der Waals surface area contributed by atoms with Crippen molar-refractivity contribution in [2.45, 2.75) is 33.2 Å². The van der Waals surface area contributed by atoms with Gasteiger partial charge >= 0.3 is 0 Å². The molecule has 2 nitrogen and oxygen atoms in total. The third kappa shape index (κ3) is 3.58. The van der Waals surface area contributed by atoms with Gasteiger partial charge in [-0.1, -0.05) is 35.0 Å². The molecule has 0 saturated carbocycles. The number of ether oxygens (including phenoxy) is 1. The van der Waals surface area contributed by atoms with Gasteiger partial charge < -0.3 is 10.5 Å². The zero-order valence-corrected chi connectivity index (χ0v) is 11.8. The average Bonchev–Trinajstić information content (AvgIpc) is 2.25. The Kier molecular flexibility index (Phi) is 5.46. The number of nitrogens with two attached hydrogens (primary N) is 1. The maximum atomic E-state index is 6.08. The van der Waals surface area contributed by atoms with Gasteiger partial charge in [0.25, 0.3) is 0 Å².